The average molecular weight is 162 g/mol. The van der Waals surface area contributed by atoms with Crippen LogP contribution in [0, 0.1) is 0 Å². The van der Waals surface area contributed by atoms with E-state index >= 15 is 0 Å². The van der Waals surface area contributed by atoms with Gasteiger partial charge in [0.1, 0.15) is 0 Å². The fraction of sp³-hybridized carbons (Fsp3) is 0.857. The van der Waals surface area contributed by atoms with Crippen molar-refractivity contribution in [2.45, 2.75) is 38.9 Å². The third-order valence-corrected chi connectivity index (χ3v) is 2.38. The standard InChI is InChI=1S/C7H14S2/c1-5-6(8)9-7(2,3)4/h5H2,1-4H3. The summed E-state index contributed by atoms with van der Waals surface area (Å²) in [6.07, 6.45) is 1.01. The molecule has 0 saturated carbocycles. The molecule has 0 nitrogen and oxygen atoms in total. The second-order valence-corrected chi connectivity index (χ2v) is 5.61. The Kier molecular flexibility index (Phi) is 3.74. The van der Waals surface area contributed by atoms with Crippen molar-refractivity contribution >= 4 is 28.2 Å². The largest absolute Gasteiger partial charge is 0.113 e. The zero-order valence-electron chi connectivity index (χ0n) is 6.52. The van der Waals surface area contributed by atoms with Crippen molar-refractivity contribution in [3.8, 4) is 0 Å². The number of thiocarbonyl (C=S) groups is 1. The predicted octanol–water partition coefficient (Wildman–Crippen LogP) is 3.26. The van der Waals surface area contributed by atoms with Crippen LogP contribution in [0.2, 0.25) is 0 Å². The Morgan fingerprint density at radius 1 is 1.44 bits per heavy atom. The van der Waals surface area contributed by atoms with Gasteiger partial charge in [-0.3, -0.25) is 0 Å². The maximum atomic E-state index is 5.07. The van der Waals surface area contributed by atoms with Crippen LogP contribution < -0.4 is 0 Å². The van der Waals surface area contributed by atoms with Gasteiger partial charge in [-0.1, -0.05) is 39.9 Å². The van der Waals surface area contributed by atoms with Crippen LogP contribution in [0.25, 0.3) is 0 Å². The topological polar surface area (TPSA) is 0 Å². The van der Waals surface area contributed by atoms with Crippen LogP contribution in [0.4, 0.5) is 0 Å². The van der Waals surface area contributed by atoms with Crippen LogP contribution in [0.3, 0.4) is 0 Å². The lowest BCUT2D eigenvalue weighted by molar-refractivity contribution is 0.809. The fourth-order valence-corrected chi connectivity index (χ4v) is 1.99. The average Bonchev–Trinajstić information content (AvgIpc) is 1.62. The molecule has 0 unspecified atom stereocenters. The normalized spacial score (nSPS) is 11.6. The molecule has 0 amide bonds. The fourth-order valence-electron chi connectivity index (χ4n) is 0.414. The number of rotatable bonds is 1. The summed E-state index contributed by atoms with van der Waals surface area (Å²) in [6.45, 7) is 8.64. The third kappa shape index (κ3) is 6.32. The smallest absolute Gasteiger partial charge is 0.0480 e. The van der Waals surface area contributed by atoms with Crippen molar-refractivity contribution in [1.82, 2.24) is 0 Å². The van der Waals surface area contributed by atoms with E-state index in [4.69, 9.17) is 12.2 Å². The summed E-state index contributed by atoms with van der Waals surface area (Å²) in [7, 11) is 0. The van der Waals surface area contributed by atoms with Crippen LogP contribution in [-0.2, 0) is 0 Å². The molecule has 0 aliphatic rings. The zero-order chi connectivity index (χ0) is 7.49. The van der Waals surface area contributed by atoms with Gasteiger partial charge in [-0.2, -0.15) is 0 Å². The van der Waals surface area contributed by atoms with Gasteiger partial charge in [0.15, 0.2) is 0 Å². The van der Waals surface area contributed by atoms with E-state index in [2.05, 4.69) is 27.7 Å². The SMILES string of the molecule is CCC(=S)SC(C)(C)C. The lowest BCUT2D eigenvalue weighted by atomic mass is 10.3. The molecule has 9 heavy (non-hydrogen) atoms. The van der Waals surface area contributed by atoms with Crippen LogP contribution >= 0.6 is 24.0 Å². The van der Waals surface area contributed by atoms with E-state index in [0.717, 1.165) is 10.6 Å². The lowest BCUT2D eigenvalue weighted by Crippen LogP contribution is -2.09. The van der Waals surface area contributed by atoms with Crippen LogP contribution in [-0.4, -0.2) is 8.94 Å². The van der Waals surface area contributed by atoms with E-state index < -0.39 is 0 Å². The maximum absolute atomic E-state index is 5.07. The van der Waals surface area contributed by atoms with E-state index in [9.17, 15) is 0 Å². The first-order valence-corrected chi connectivity index (χ1v) is 4.40. The van der Waals surface area contributed by atoms with Gasteiger partial charge in [-0.15, -0.1) is 11.8 Å². The van der Waals surface area contributed by atoms with Gasteiger partial charge in [0.05, 0.1) is 0 Å². The molecule has 0 atom stereocenters. The summed E-state index contributed by atoms with van der Waals surface area (Å²) in [4.78, 5) is 0. The summed E-state index contributed by atoms with van der Waals surface area (Å²) in [5.74, 6) is 0. The van der Waals surface area contributed by atoms with Crippen molar-refractivity contribution in [2.24, 2.45) is 0 Å². The molecular formula is C7H14S2. The maximum Gasteiger partial charge on any atom is 0.0480 e. The molecule has 0 aromatic rings. The molecule has 0 aromatic carbocycles. The molecule has 0 N–H and O–H groups in total. The van der Waals surface area contributed by atoms with Crippen molar-refractivity contribution in [2.75, 3.05) is 0 Å². The highest BCUT2D eigenvalue weighted by molar-refractivity contribution is 8.23. The first kappa shape index (κ1) is 9.44. The van der Waals surface area contributed by atoms with E-state index in [-0.39, 0.29) is 0 Å². The Morgan fingerprint density at radius 3 is 2.00 bits per heavy atom. The van der Waals surface area contributed by atoms with Gasteiger partial charge >= 0.3 is 0 Å². The van der Waals surface area contributed by atoms with E-state index in [1.807, 2.05) is 0 Å². The summed E-state index contributed by atoms with van der Waals surface area (Å²) in [5, 5.41) is 0. The second-order valence-electron chi connectivity index (χ2n) is 2.94. The first-order chi connectivity index (χ1) is 3.95. The highest BCUT2D eigenvalue weighted by atomic mass is 32.2. The Labute approximate surface area is 67.4 Å². The molecule has 0 bridgehead atoms. The van der Waals surface area contributed by atoms with E-state index in [1.165, 1.54) is 0 Å². The van der Waals surface area contributed by atoms with E-state index in [1.54, 1.807) is 11.8 Å². The van der Waals surface area contributed by atoms with E-state index in [0.29, 0.717) is 4.75 Å². The van der Waals surface area contributed by atoms with Crippen molar-refractivity contribution in [1.29, 1.82) is 0 Å². The molecule has 0 radical (unpaired) electrons. The number of thioether (sulfide) groups is 1. The Hall–Kier alpha value is 0.440. The summed E-state index contributed by atoms with van der Waals surface area (Å²) in [5.41, 5.74) is 0. The van der Waals surface area contributed by atoms with Gasteiger partial charge in [-0.05, 0) is 6.42 Å². The van der Waals surface area contributed by atoms with Gasteiger partial charge < -0.3 is 0 Å². The Morgan fingerprint density at radius 2 is 1.89 bits per heavy atom. The first-order valence-electron chi connectivity index (χ1n) is 3.17. The highest BCUT2D eigenvalue weighted by Crippen LogP contribution is 2.25. The Balaban J connectivity index is 3.60. The van der Waals surface area contributed by atoms with Crippen molar-refractivity contribution < 1.29 is 0 Å². The Bertz CT molecular complexity index is 100.0. The predicted molar refractivity (Wildman–Crippen MR) is 50.2 cm³/mol. The highest BCUT2D eigenvalue weighted by Gasteiger charge is 2.11. The van der Waals surface area contributed by atoms with Crippen molar-refractivity contribution in [3.05, 3.63) is 0 Å². The molecule has 0 aliphatic carbocycles. The van der Waals surface area contributed by atoms with Gasteiger partial charge in [0, 0.05) is 8.94 Å². The van der Waals surface area contributed by atoms with Gasteiger partial charge in [0.25, 0.3) is 0 Å². The minimum Gasteiger partial charge on any atom is -0.113 e. The zero-order valence-corrected chi connectivity index (χ0v) is 8.16. The van der Waals surface area contributed by atoms with Crippen LogP contribution in [0.1, 0.15) is 34.1 Å². The molecular weight excluding hydrogens is 148 g/mol. The second kappa shape index (κ2) is 3.57. The van der Waals surface area contributed by atoms with Crippen LogP contribution in [0.5, 0.6) is 0 Å². The molecule has 0 aromatic heterocycles. The molecule has 0 spiro atoms. The minimum absolute atomic E-state index is 0.299. The number of hydrogen-bond acceptors (Lipinski definition) is 2. The number of hydrogen-bond donors (Lipinski definition) is 0. The monoisotopic (exact) mass is 162 g/mol. The summed E-state index contributed by atoms with van der Waals surface area (Å²) in [6, 6.07) is 0. The van der Waals surface area contributed by atoms with Gasteiger partial charge in [-0.25, -0.2) is 0 Å². The molecule has 0 rings (SSSR count). The quantitative estimate of drug-likeness (QED) is 0.543. The molecule has 0 aliphatic heterocycles. The van der Waals surface area contributed by atoms with Gasteiger partial charge in [0.2, 0.25) is 0 Å². The molecule has 0 saturated heterocycles. The molecule has 54 valence electrons. The summed E-state index contributed by atoms with van der Waals surface area (Å²) >= 11 is 6.85. The van der Waals surface area contributed by atoms with Crippen LogP contribution in [0.15, 0.2) is 0 Å². The summed E-state index contributed by atoms with van der Waals surface area (Å²) < 4.78 is 1.41. The lowest BCUT2D eigenvalue weighted by Gasteiger charge is -2.16. The molecule has 2 heteroatoms. The molecule has 0 fully saturated rings. The van der Waals surface area contributed by atoms with Crippen molar-refractivity contribution in [3.63, 3.8) is 0 Å². The minimum atomic E-state index is 0.299. The molecule has 0 heterocycles. The third-order valence-electron chi connectivity index (χ3n) is 0.709.